The van der Waals surface area contributed by atoms with Gasteiger partial charge in [-0.3, -0.25) is 9.59 Å². The van der Waals surface area contributed by atoms with E-state index in [1.165, 1.54) is 11.3 Å². The Kier molecular flexibility index (Phi) is 5.00. The zero-order valence-electron chi connectivity index (χ0n) is 13.2. The van der Waals surface area contributed by atoms with Crippen molar-refractivity contribution in [2.75, 3.05) is 13.2 Å². The number of hydrogen-bond acceptors (Lipinski definition) is 5. The highest BCUT2D eigenvalue weighted by Crippen LogP contribution is 2.30. The van der Waals surface area contributed by atoms with Crippen LogP contribution >= 0.6 is 11.3 Å². The number of carbonyl (C=O) groups is 2. The highest BCUT2D eigenvalue weighted by atomic mass is 32.1. The van der Waals surface area contributed by atoms with E-state index < -0.39 is 6.04 Å². The second kappa shape index (κ2) is 7.35. The van der Waals surface area contributed by atoms with E-state index in [2.05, 4.69) is 10.6 Å². The number of thiophene rings is 1. The van der Waals surface area contributed by atoms with Crippen LogP contribution in [-0.4, -0.2) is 37.1 Å². The third-order valence-electron chi connectivity index (χ3n) is 3.56. The van der Waals surface area contributed by atoms with Gasteiger partial charge in [-0.25, -0.2) is 0 Å². The third kappa shape index (κ3) is 3.86. The smallest absolute Gasteiger partial charge is 0.261 e. The Morgan fingerprint density at radius 2 is 2.04 bits per heavy atom. The fourth-order valence-corrected chi connectivity index (χ4v) is 2.90. The molecule has 126 valence electrons. The van der Waals surface area contributed by atoms with Gasteiger partial charge in [0.05, 0.1) is 11.4 Å². The van der Waals surface area contributed by atoms with Gasteiger partial charge < -0.3 is 20.1 Å². The molecule has 0 bridgehead atoms. The van der Waals surface area contributed by atoms with Crippen LogP contribution in [0.5, 0.6) is 11.5 Å². The molecule has 2 amide bonds. The topological polar surface area (TPSA) is 76.7 Å². The molecule has 1 aromatic heterocycles. The van der Waals surface area contributed by atoms with Crippen LogP contribution in [0.15, 0.2) is 41.8 Å². The van der Waals surface area contributed by atoms with Crippen molar-refractivity contribution in [3.63, 3.8) is 0 Å². The van der Waals surface area contributed by atoms with Gasteiger partial charge in [-0.15, -0.1) is 11.3 Å². The first-order valence-electron chi connectivity index (χ1n) is 7.64. The molecule has 1 aromatic carbocycles. The highest BCUT2D eigenvalue weighted by molar-refractivity contribution is 7.12. The maximum absolute atomic E-state index is 12.1. The van der Waals surface area contributed by atoms with Crippen LogP contribution in [0.4, 0.5) is 0 Å². The van der Waals surface area contributed by atoms with Gasteiger partial charge in [0.1, 0.15) is 18.8 Å². The fourth-order valence-electron chi connectivity index (χ4n) is 2.27. The maximum Gasteiger partial charge on any atom is 0.261 e. The second-order valence-electron chi connectivity index (χ2n) is 5.42. The van der Waals surface area contributed by atoms with E-state index in [-0.39, 0.29) is 17.9 Å². The quantitative estimate of drug-likeness (QED) is 0.866. The standard InChI is InChI=1S/C17H18N2O4S/c1-11(19-17(21)15-7-4-8-24-15)16(20)18-9-12-10-22-13-5-2-3-6-14(13)23-12/h2-8,11-12H,9-10H2,1H3,(H,18,20)(H,19,21)/t11-,12-/m1/s1. The first-order chi connectivity index (χ1) is 11.6. The minimum Gasteiger partial charge on any atom is -0.486 e. The summed E-state index contributed by atoms with van der Waals surface area (Å²) in [5, 5.41) is 7.27. The third-order valence-corrected chi connectivity index (χ3v) is 4.43. The Bertz CT molecular complexity index is 717. The summed E-state index contributed by atoms with van der Waals surface area (Å²) in [6.45, 7) is 2.33. The summed E-state index contributed by atoms with van der Waals surface area (Å²) in [5.74, 6) is 0.861. The molecule has 2 heterocycles. The Hall–Kier alpha value is -2.54. The summed E-state index contributed by atoms with van der Waals surface area (Å²) in [4.78, 5) is 24.6. The molecule has 1 aliphatic rings. The molecule has 0 saturated heterocycles. The molecule has 3 rings (SSSR count). The van der Waals surface area contributed by atoms with Crippen molar-refractivity contribution in [1.82, 2.24) is 10.6 Å². The number of para-hydroxylation sites is 2. The molecule has 0 fully saturated rings. The number of rotatable bonds is 5. The molecule has 0 radical (unpaired) electrons. The zero-order valence-corrected chi connectivity index (χ0v) is 14.0. The van der Waals surface area contributed by atoms with Crippen molar-refractivity contribution in [2.24, 2.45) is 0 Å². The van der Waals surface area contributed by atoms with Gasteiger partial charge in [0.2, 0.25) is 5.91 Å². The molecule has 0 saturated carbocycles. The Labute approximate surface area is 143 Å². The lowest BCUT2D eigenvalue weighted by molar-refractivity contribution is -0.123. The largest absolute Gasteiger partial charge is 0.486 e. The number of fused-ring (bicyclic) bond motifs is 1. The summed E-state index contributed by atoms with van der Waals surface area (Å²) in [5.41, 5.74) is 0. The van der Waals surface area contributed by atoms with Crippen molar-refractivity contribution < 1.29 is 19.1 Å². The van der Waals surface area contributed by atoms with E-state index in [0.29, 0.717) is 29.5 Å². The highest BCUT2D eigenvalue weighted by Gasteiger charge is 2.23. The Balaban J connectivity index is 1.46. The summed E-state index contributed by atoms with van der Waals surface area (Å²) < 4.78 is 11.4. The lowest BCUT2D eigenvalue weighted by Crippen LogP contribution is -2.48. The van der Waals surface area contributed by atoms with Crippen LogP contribution < -0.4 is 20.1 Å². The van der Waals surface area contributed by atoms with E-state index >= 15 is 0 Å². The van der Waals surface area contributed by atoms with E-state index in [4.69, 9.17) is 9.47 Å². The molecule has 1 aliphatic heterocycles. The van der Waals surface area contributed by atoms with Crippen LogP contribution in [-0.2, 0) is 4.79 Å². The van der Waals surface area contributed by atoms with Gasteiger partial charge in [-0.1, -0.05) is 18.2 Å². The molecule has 0 aliphatic carbocycles. The Morgan fingerprint density at radius 3 is 2.79 bits per heavy atom. The molecular weight excluding hydrogens is 328 g/mol. The number of ether oxygens (including phenoxy) is 2. The molecule has 6 nitrogen and oxygen atoms in total. The van der Waals surface area contributed by atoms with E-state index in [1.54, 1.807) is 19.1 Å². The average Bonchev–Trinajstić information content (AvgIpc) is 3.14. The number of amides is 2. The van der Waals surface area contributed by atoms with Gasteiger partial charge in [0, 0.05) is 0 Å². The van der Waals surface area contributed by atoms with Crippen LogP contribution in [0.1, 0.15) is 16.6 Å². The van der Waals surface area contributed by atoms with Crippen LogP contribution in [0.3, 0.4) is 0 Å². The molecule has 24 heavy (non-hydrogen) atoms. The minimum absolute atomic E-state index is 0.251. The Morgan fingerprint density at radius 1 is 1.25 bits per heavy atom. The van der Waals surface area contributed by atoms with Gasteiger partial charge in [-0.2, -0.15) is 0 Å². The van der Waals surface area contributed by atoms with Crippen LogP contribution in [0.2, 0.25) is 0 Å². The molecule has 7 heteroatoms. The average molecular weight is 346 g/mol. The number of carbonyl (C=O) groups excluding carboxylic acids is 2. The fraction of sp³-hybridized carbons (Fsp3) is 0.294. The summed E-state index contributed by atoms with van der Waals surface area (Å²) in [7, 11) is 0. The molecule has 0 spiro atoms. The first kappa shape index (κ1) is 16.3. The van der Waals surface area contributed by atoms with Crippen molar-refractivity contribution >= 4 is 23.2 Å². The molecule has 2 N–H and O–H groups in total. The summed E-state index contributed by atoms with van der Waals surface area (Å²) in [6.07, 6.45) is -0.260. The number of hydrogen-bond donors (Lipinski definition) is 2. The molecule has 0 unspecified atom stereocenters. The molecule has 2 atom stereocenters. The minimum atomic E-state index is -0.628. The summed E-state index contributed by atoms with van der Waals surface area (Å²) >= 11 is 1.33. The van der Waals surface area contributed by atoms with Crippen molar-refractivity contribution in [3.8, 4) is 11.5 Å². The van der Waals surface area contributed by atoms with Gasteiger partial charge in [0.25, 0.3) is 5.91 Å². The first-order valence-corrected chi connectivity index (χ1v) is 8.52. The van der Waals surface area contributed by atoms with E-state index in [9.17, 15) is 9.59 Å². The van der Waals surface area contributed by atoms with Gasteiger partial charge in [0.15, 0.2) is 11.5 Å². The normalized spacial score (nSPS) is 17.0. The van der Waals surface area contributed by atoms with Gasteiger partial charge >= 0.3 is 0 Å². The monoisotopic (exact) mass is 346 g/mol. The number of benzene rings is 1. The lowest BCUT2D eigenvalue weighted by atomic mass is 10.2. The van der Waals surface area contributed by atoms with Gasteiger partial charge in [-0.05, 0) is 30.5 Å². The number of nitrogens with one attached hydrogen (secondary N) is 2. The van der Waals surface area contributed by atoms with Crippen LogP contribution in [0.25, 0.3) is 0 Å². The second-order valence-corrected chi connectivity index (χ2v) is 6.36. The van der Waals surface area contributed by atoms with Crippen LogP contribution in [0, 0.1) is 0 Å². The lowest BCUT2D eigenvalue weighted by Gasteiger charge is -2.27. The SMILES string of the molecule is C[C@@H](NC(=O)c1cccs1)C(=O)NC[C@@H]1COc2ccccc2O1. The maximum atomic E-state index is 12.1. The molecular formula is C17H18N2O4S. The van der Waals surface area contributed by atoms with Crippen molar-refractivity contribution in [2.45, 2.75) is 19.1 Å². The predicted octanol–water partition coefficient (Wildman–Crippen LogP) is 1.82. The van der Waals surface area contributed by atoms with E-state index in [0.717, 1.165) is 0 Å². The van der Waals surface area contributed by atoms with E-state index in [1.807, 2.05) is 29.6 Å². The predicted molar refractivity (Wildman–Crippen MR) is 90.6 cm³/mol. The van der Waals surface area contributed by atoms with Crippen molar-refractivity contribution in [3.05, 3.63) is 46.7 Å². The molecule has 2 aromatic rings. The zero-order chi connectivity index (χ0) is 16.9. The van der Waals surface area contributed by atoms with Crippen molar-refractivity contribution in [1.29, 1.82) is 0 Å². The summed E-state index contributed by atoms with van der Waals surface area (Å²) in [6, 6.07) is 10.3.